The normalized spacial score (nSPS) is 10.4. The third-order valence-electron chi connectivity index (χ3n) is 3.55. The fourth-order valence-corrected chi connectivity index (χ4v) is 2.15. The number of methoxy groups -OCH3 is 2. The minimum atomic E-state index is -0.727. The van der Waals surface area contributed by atoms with Gasteiger partial charge in [-0.25, -0.2) is 4.79 Å². The minimum absolute atomic E-state index is 0.0272. The summed E-state index contributed by atoms with van der Waals surface area (Å²) in [5.74, 6) is -0.474. The molecule has 2 rings (SSSR count). The van der Waals surface area contributed by atoms with Gasteiger partial charge in [-0.05, 0) is 35.9 Å². The highest BCUT2D eigenvalue weighted by atomic mass is 16.6. The van der Waals surface area contributed by atoms with Crippen LogP contribution in [-0.2, 0) is 14.3 Å². The molecular weight excluding hydrogens is 368 g/mol. The van der Waals surface area contributed by atoms with Gasteiger partial charge in [-0.3, -0.25) is 14.9 Å². The maximum Gasteiger partial charge on any atom is 0.331 e. The molecule has 0 saturated carbocycles. The first-order valence-corrected chi connectivity index (χ1v) is 8.04. The van der Waals surface area contributed by atoms with E-state index in [9.17, 15) is 19.7 Å². The van der Waals surface area contributed by atoms with Crippen LogP contribution in [0.15, 0.2) is 48.5 Å². The summed E-state index contributed by atoms with van der Waals surface area (Å²) in [6.07, 6.45) is 2.69. The highest BCUT2D eigenvalue weighted by Gasteiger charge is 2.17. The fourth-order valence-electron chi connectivity index (χ4n) is 2.15. The largest absolute Gasteiger partial charge is 0.497 e. The zero-order valence-corrected chi connectivity index (χ0v) is 15.2. The van der Waals surface area contributed by atoms with Gasteiger partial charge >= 0.3 is 5.97 Å². The number of carbonyl (C=O) groups is 2. The smallest absolute Gasteiger partial charge is 0.331 e. The first-order chi connectivity index (χ1) is 13.4. The van der Waals surface area contributed by atoms with E-state index in [0.717, 1.165) is 5.56 Å². The molecule has 146 valence electrons. The van der Waals surface area contributed by atoms with Gasteiger partial charge in [-0.1, -0.05) is 12.1 Å². The van der Waals surface area contributed by atoms with Gasteiger partial charge in [0, 0.05) is 6.08 Å². The van der Waals surface area contributed by atoms with Gasteiger partial charge in [-0.2, -0.15) is 0 Å². The van der Waals surface area contributed by atoms with E-state index in [4.69, 9.17) is 14.2 Å². The number of rotatable bonds is 8. The van der Waals surface area contributed by atoms with Gasteiger partial charge in [-0.15, -0.1) is 0 Å². The molecule has 0 aliphatic heterocycles. The van der Waals surface area contributed by atoms with Crippen LogP contribution in [0.5, 0.6) is 11.5 Å². The Kier molecular flexibility index (Phi) is 7.09. The summed E-state index contributed by atoms with van der Waals surface area (Å²) in [6.45, 7) is -0.588. The summed E-state index contributed by atoms with van der Waals surface area (Å²) < 4.78 is 14.8. The molecule has 0 heterocycles. The van der Waals surface area contributed by atoms with E-state index >= 15 is 0 Å². The van der Waals surface area contributed by atoms with Crippen molar-refractivity contribution in [1.82, 2.24) is 0 Å². The summed E-state index contributed by atoms with van der Waals surface area (Å²) in [7, 11) is 2.92. The summed E-state index contributed by atoms with van der Waals surface area (Å²) in [5.41, 5.74) is 0.384. The average Bonchev–Trinajstić information content (AvgIpc) is 2.71. The predicted molar refractivity (Wildman–Crippen MR) is 101 cm³/mol. The number of hydrogen-bond acceptors (Lipinski definition) is 7. The molecule has 9 heteroatoms. The topological polar surface area (TPSA) is 117 Å². The Labute approximate surface area is 160 Å². The summed E-state index contributed by atoms with van der Waals surface area (Å²) in [6, 6.07) is 10.9. The molecular formula is C19H18N2O7. The molecule has 28 heavy (non-hydrogen) atoms. The van der Waals surface area contributed by atoms with Crippen molar-refractivity contribution in [1.29, 1.82) is 0 Å². The molecule has 9 nitrogen and oxygen atoms in total. The van der Waals surface area contributed by atoms with Crippen molar-refractivity contribution in [2.24, 2.45) is 0 Å². The summed E-state index contributed by atoms with van der Waals surface area (Å²) in [4.78, 5) is 34.1. The van der Waals surface area contributed by atoms with Crippen LogP contribution in [0.25, 0.3) is 6.08 Å². The van der Waals surface area contributed by atoms with Crippen molar-refractivity contribution in [2.45, 2.75) is 0 Å². The van der Waals surface area contributed by atoms with Crippen molar-refractivity contribution < 1.29 is 28.7 Å². The first kappa shape index (κ1) is 20.4. The van der Waals surface area contributed by atoms with Crippen molar-refractivity contribution in [2.75, 3.05) is 26.1 Å². The second-order valence-corrected chi connectivity index (χ2v) is 5.40. The maximum atomic E-state index is 11.9. The number of amides is 1. The number of esters is 1. The Bertz CT molecular complexity index is 892. The fraction of sp³-hybridized carbons (Fsp3) is 0.158. The van der Waals surface area contributed by atoms with Crippen molar-refractivity contribution >= 4 is 29.3 Å². The molecule has 0 aliphatic rings. The molecule has 0 aromatic heterocycles. The Morgan fingerprint density at radius 1 is 1.07 bits per heavy atom. The molecule has 0 spiro atoms. The number of benzene rings is 2. The molecule has 0 bridgehead atoms. The lowest BCUT2D eigenvalue weighted by atomic mass is 10.2. The van der Waals surface area contributed by atoms with Crippen LogP contribution in [0.4, 0.5) is 11.4 Å². The number of nitro groups is 1. The Morgan fingerprint density at radius 3 is 2.32 bits per heavy atom. The zero-order chi connectivity index (χ0) is 20.5. The second kappa shape index (κ2) is 9.72. The Hall–Kier alpha value is -3.88. The van der Waals surface area contributed by atoms with Gasteiger partial charge < -0.3 is 19.5 Å². The van der Waals surface area contributed by atoms with Crippen LogP contribution in [-0.4, -0.2) is 37.6 Å². The number of anilines is 1. The quantitative estimate of drug-likeness (QED) is 0.321. The average molecular weight is 386 g/mol. The molecule has 0 radical (unpaired) electrons. The molecule has 0 atom stereocenters. The van der Waals surface area contributed by atoms with E-state index in [1.807, 2.05) is 0 Å². The molecule has 1 amide bonds. The highest BCUT2D eigenvalue weighted by Crippen LogP contribution is 2.28. The van der Waals surface area contributed by atoms with Gasteiger partial charge in [0.25, 0.3) is 11.6 Å². The standard InChI is InChI=1S/C19H18N2O7/c1-26-14-6-3-13(4-7-14)5-10-19(23)28-12-18(22)20-16-9-8-15(27-2)11-17(16)21(24)25/h3-11H,12H2,1-2H3,(H,20,22)/b10-5+. The van der Waals surface area contributed by atoms with Crippen LogP contribution < -0.4 is 14.8 Å². The van der Waals surface area contributed by atoms with Gasteiger partial charge in [0.15, 0.2) is 6.61 Å². The third-order valence-corrected chi connectivity index (χ3v) is 3.55. The van der Waals surface area contributed by atoms with Crippen molar-refractivity contribution in [3.05, 3.63) is 64.2 Å². The van der Waals surface area contributed by atoms with Crippen molar-refractivity contribution in [3.63, 3.8) is 0 Å². The second-order valence-electron chi connectivity index (χ2n) is 5.40. The number of nitrogens with zero attached hydrogens (tertiary/aromatic N) is 1. The number of nitrogens with one attached hydrogen (secondary N) is 1. The number of ether oxygens (including phenoxy) is 3. The predicted octanol–water partition coefficient (Wildman–Crippen LogP) is 2.81. The monoisotopic (exact) mass is 386 g/mol. The van der Waals surface area contributed by atoms with E-state index in [-0.39, 0.29) is 17.1 Å². The molecule has 0 saturated heterocycles. The summed E-state index contributed by atoms with van der Waals surface area (Å²) >= 11 is 0. The molecule has 0 aliphatic carbocycles. The Morgan fingerprint density at radius 2 is 1.71 bits per heavy atom. The van der Waals surface area contributed by atoms with Crippen LogP contribution in [0.3, 0.4) is 0 Å². The van der Waals surface area contributed by atoms with E-state index in [0.29, 0.717) is 5.75 Å². The van der Waals surface area contributed by atoms with Crippen LogP contribution in [0.2, 0.25) is 0 Å². The van der Waals surface area contributed by atoms with Gasteiger partial charge in [0.1, 0.15) is 17.2 Å². The van der Waals surface area contributed by atoms with Crippen LogP contribution >= 0.6 is 0 Å². The van der Waals surface area contributed by atoms with Gasteiger partial charge in [0.2, 0.25) is 0 Å². The lowest BCUT2D eigenvalue weighted by Crippen LogP contribution is -2.20. The third kappa shape index (κ3) is 5.84. The van der Waals surface area contributed by atoms with E-state index in [1.54, 1.807) is 31.4 Å². The molecule has 1 N–H and O–H groups in total. The van der Waals surface area contributed by atoms with E-state index in [1.165, 1.54) is 37.5 Å². The molecule has 0 unspecified atom stereocenters. The van der Waals surface area contributed by atoms with E-state index in [2.05, 4.69) is 5.32 Å². The van der Waals surface area contributed by atoms with Crippen LogP contribution in [0.1, 0.15) is 5.56 Å². The zero-order valence-electron chi connectivity index (χ0n) is 15.2. The first-order valence-electron chi connectivity index (χ1n) is 8.04. The van der Waals surface area contributed by atoms with Crippen molar-refractivity contribution in [3.8, 4) is 11.5 Å². The Balaban J connectivity index is 1.90. The number of nitro benzene ring substituents is 1. The number of hydrogen-bond donors (Lipinski definition) is 1. The molecule has 2 aromatic carbocycles. The van der Waals surface area contributed by atoms with Crippen LogP contribution in [0, 0.1) is 10.1 Å². The lowest BCUT2D eigenvalue weighted by Gasteiger charge is -2.07. The summed E-state index contributed by atoms with van der Waals surface area (Å²) in [5, 5.41) is 13.4. The minimum Gasteiger partial charge on any atom is -0.497 e. The SMILES string of the molecule is COc1ccc(/C=C/C(=O)OCC(=O)Nc2ccc(OC)cc2[N+](=O)[O-])cc1. The number of carbonyl (C=O) groups excluding carboxylic acids is 2. The van der Waals surface area contributed by atoms with E-state index < -0.39 is 23.4 Å². The van der Waals surface area contributed by atoms with Gasteiger partial charge in [0.05, 0.1) is 25.2 Å². The maximum absolute atomic E-state index is 11.9. The lowest BCUT2D eigenvalue weighted by molar-refractivity contribution is -0.384. The molecule has 0 fully saturated rings. The highest BCUT2D eigenvalue weighted by molar-refractivity contribution is 5.96. The molecule has 2 aromatic rings.